The van der Waals surface area contributed by atoms with E-state index in [1.807, 2.05) is 4.90 Å². The van der Waals surface area contributed by atoms with Crippen LogP contribution in [0, 0.1) is 0 Å². The Morgan fingerprint density at radius 2 is 2.44 bits per heavy atom. The average molecular weight is 223 g/mol. The molecule has 5 nitrogen and oxygen atoms in total. The first kappa shape index (κ1) is 11.1. The van der Waals surface area contributed by atoms with Gasteiger partial charge in [-0.05, 0) is 19.8 Å². The number of ether oxygens (including phenoxy) is 1. The van der Waals surface area contributed by atoms with Crippen LogP contribution in [-0.4, -0.2) is 35.8 Å². The van der Waals surface area contributed by atoms with Gasteiger partial charge in [-0.3, -0.25) is 4.79 Å². The zero-order valence-electron chi connectivity index (χ0n) is 9.69. The SMILES string of the molecule is COC1(C)CCCN(c2ncc[nH]c2=O)C1. The van der Waals surface area contributed by atoms with E-state index < -0.39 is 0 Å². The minimum absolute atomic E-state index is 0.136. The van der Waals surface area contributed by atoms with E-state index in [1.165, 1.54) is 0 Å². The van der Waals surface area contributed by atoms with E-state index in [2.05, 4.69) is 16.9 Å². The maximum Gasteiger partial charge on any atom is 0.290 e. The van der Waals surface area contributed by atoms with Gasteiger partial charge in [0.15, 0.2) is 5.82 Å². The summed E-state index contributed by atoms with van der Waals surface area (Å²) >= 11 is 0. The summed E-state index contributed by atoms with van der Waals surface area (Å²) in [4.78, 5) is 20.4. The van der Waals surface area contributed by atoms with Crippen molar-refractivity contribution in [2.45, 2.75) is 25.4 Å². The van der Waals surface area contributed by atoms with Crippen LogP contribution in [0.2, 0.25) is 0 Å². The number of hydrogen-bond acceptors (Lipinski definition) is 4. The molecule has 5 heteroatoms. The van der Waals surface area contributed by atoms with Crippen molar-refractivity contribution < 1.29 is 4.74 Å². The van der Waals surface area contributed by atoms with Gasteiger partial charge in [0.25, 0.3) is 5.56 Å². The first-order chi connectivity index (χ1) is 7.64. The van der Waals surface area contributed by atoms with Gasteiger partial charge in [0.2, 0.25) is 0 Å². The molecule has 1 aliphatic heterocycles. The first-order valence-corrected chi connectivity index (χ1v) is 5.48. The third kappa shape index (κ3) is 2.09. The zero-order valence-corrected chi connectivity index (χ0v) is 9.69. The normalized spacial score (nSPS) is 25.8. The van der Waals surface area contributed by atoms with Gasteiger partial charge >= 0.3 is 0 Å². The Labute approximate surface area is 94.5 Å². The number of H-pyrrole nitrogens is 1. The second-order valence-corrected chi connectivity index (χ2v) is 4.42. The van der Waals surface area contributed by atoms with E-state index in [4.69, 9.17) is 4.74 Å². The molecule has 2 rings (SSSR count). The summed E-state index contributed by atoms with van der Waals surface area (Å²) in [5.41, 5.74) is -0.315. The average Bonchev–Trinajstić information content (AvgIpc) is 2.30. The summed E-state index contributed by atoms with van der Waals surface area (Å²) in [5, 5.41) is 0. The lowest BCUT2D eigenvalue weighted by Gasteiger charge is -2.39. The highest BCUT2D eigenvalue weighted by Gasteiger charge is 2.32. The number of aromatic amines is 1. The van der Waals surface area contributed by atoms with Gasteiger partial charge in [0.05, 0.1) is 5.60 Å². The molecule has 0 aromatic carbocycles. The van der Waals surface area contributed by atoms with E-state index in [0.29, 0.717) is 12.4 Å². The van der Waals surface area contributed by atoms with Gasteiger partial charge < -0.3 is 14.6 Å². The zero-order chi connectivity index (χ0) is 11.6. The molecule has 1 atom stereocenters. The molecule has 1 aliphatic rings. The topological polar surface area (TPSA) is 58.2 Å². The van der Waals surface area contributed by atoms with Crippen LogP contribution in [0.25, 0.3) is 0 Å². The van der Waals surface area contributed by atoms with E-state index in [9.17, 15) is 4.79 Å². The highest BCUT2D eigenvalue weighted by atomic mass is 16.5. The minimum Gasteiger partial charge on any atom is -0.377 e. The molecule has 0 radical (unpaired) electrons. The van der Waals surface area contributed by atoms with Crippen molar-refractivity contribution in [2.75, 3.05) is 25.1 Å². The first-order valence-electron chi connectivity index (χ1n) is 5.48. The molecular weight excluding hydrogens is 206 g/mol. The quantitative estimate of drug-likeness (QED) is 0.804. The molecule has 1 aromatic heterocycles. The summed E-state index contributed by atoms with van der Waals surface area (Å²) in [6, 6.07) is 0. The largest absolute Gasteiger partial charge is 0.377 e. The molecule has 1 N–H and O–H groups in total. The van der Waals surface area contributed by atoms with E-state index in [-0.39, 0.29) is 11.2 Å². The van der Waals surface area contributed by atoms with E-state index in [0.717, 1.165) is 19.4 Å². The Morgan fingerprint density at radius 3 is 3.12 bits per heavy atom. The Bertz CT molecular complexity index is 418. The van der Waals surface area contributed by atoms with Crippen LogP contribution in [0.3, 0.4) is 0 Å². The number of piperidine rings is 1. The van der Waals surface area contributed by atoms with Crippen LogP contribution in [0.5, 0.6) is 0 Å². The summed E-state index contributed by atoms with van der Waals surface area (Å²) in [6.07, 6.45) is 5.19. The third-order valence-corrected chi connectivity index (χ3v) is 3.14. The molecule has 0 aliphatic carbocycles. The van der Waals surface area contributed by atoms with Gasteiger partial charge in [-0.2, -0.15) is 0 Å². The van der Waals surface area contributed by atoms with Gasteiger partial charge in [-0.25, -0.2) is 4.98 Å². The van der Waals surface area contributed by atoms with Crippen molar-refractivity contribution in [3.63, 3.8) is 0 Å². The molecule has 1 aromatic rings. The van der Waals surface area contributed by atoms with E-state index in [1.54, 1.807) is 19.5 Å². The number of nitrogens with one attached hydrogen (secondary N) is 1. The second kappa shape index (κ2) is 4.25. The summed E-state index contributed by atoms with van der Waals surface area (Å²) in [7, 11) is 1.71. The lowest BCUT2D eigenvalue weighted by atomic mass is 9.95. The number of nitrogens with zero attached hydrogens (tertiary/aromatic N) is 2. The summed E-state index contributed by atoms with van der Waals surface area (Å²) < 4.78 is 5.49. The minimum atomic E-state index is -0.178. The Morgan fingerprint density at radius 1 is 1.62 bits per heavy atom. The van der Waals surface area contributed by atoms with Gasteiger partial charge in [-0.1, -0.05) is 0 Å². The Balaban J connectivity index is 2.23. The number of anilines is 1. The van der Waals surface area contributed by atoms with Crippen molar-refractivity contribution >= 4 is 5.82 Å². The summed E-state index contributed by atoms with van der Waals surface area (Å²) in [5.74, 6) is 0.491. The highest BCUT2D eigenvalue weighted by Crippen LogP contribution is 2.25. The van der Waals surface area contributed by atoms with Crippen molar-refractivity contribution in [2.24, 2.45) is 0 Å². The molecular formula is C11H17N3O2. The third-order valence-electron chi connectivity index (χ3n) is 3.14. The molecule has 88 valence electrons. The second-order valence-electron chi connectivity index (χ2n) is 4.42. The van der Waals surface area contributed by atoms with Gasteiger partial charge in [-0.15, -0.1) is 0 Å². The molecule has 1 fully saturated rings. The molecule has 1 unspecified atom stereocenters. The molecule has 2 heterocycles. The molecule has 16 heavy (non-hydrogen) atoms. The van der Waals surface area contributed by atoms with Crippen molar-refractivity contribution in [1.29, 1.82) is 0 Å². The predicted molar refractivity (Wildman–Crippen MR) is 61.7 cm³/mol. The van der Waals surface area contributed by atoms with Crippen LogP contribution >= 0.6 is 0 Å². The molecule has 0 bridgehead atoms. The Hall–Kier alpha value is -1.36. The van der Waals surface area contributed by atoms with Gasteiger partial charge in [0, 0.05) is 32.6 Å². The number of methoxy groups -OCH3 is 1. The number of hydrogen-bond donors (Lipinski definition) is 1. The van der Waals surface area contributed by atoms with Crippen LogP contribution in [0.4, 0.5) is 5.82 Å². The van der Waals surface area contributed by atoms with Crippen LogP contribution in [0.1, 0.15) is 19.8 Å². The maximum atomic E-state index is 11.6. The van der Waals surface area contributed by atoms with Crippen LogP contribution < -0.4 is 10.5 Å². The van der Waals surface area contributed by atoms with Crippen LogP contribution in [0.15, 0.2) is 17.2 Å². The fraction of sp³-hybridized carbons (Fsp3) is 0.636. The molecule has 1 saturated heterocycles. The predicted octanol–water partition coefficient (Wildman–Crippen LogP) is 0.775. The lowest BCUT2D eigenvalue weighted by molar-refractivity contribution is -0.00486. The monoisotopic (exact) mass is 223 g/mol. The smallest absolute Gasteiger partial charge is 0.290 e. The van der Waals surface area contributed by atoms with E-state index >= 15 is 0 Å². The van der Waals surface area contributed by atoms with Gasteiger partial charge in [0.1, 0.15) is 0 Å². The standard InChI is InChI=1S/C11H17N3O2/c1-11(16-2)4-3-7-14(8-11)9-10(15)13-6-5-12-9/h5-6H,3-4,7-8H2,1-2H3,(H,13,15). The van der Waals surface area contributed by atoms with Crippen molar-refractivity contribution in [3.05, 3.63) is 22.7 Å². The fourth-order valence-corrected chi connectivity index (χ4v) is 2.12. The Kier molecular flexibility index (Phi) is 2.96. The number of rotatable bonds is 2. The molecule has 0 saturated carbocycles. The van der Waals surface area contributed by atoms with Crippen molar-refractivity contribution in [1.82, 2.24) is 9.97 Å². The maximum absolute atomic E-state index is 11.6. The molecule has 0 spiro atoms. The fourth-order valence-electron chi connectivity index (χ4n) is 2.12. The molecule has 0 amide bonds. The highest BCUT2D eigenvalue weighted by molar-refractivity contribution is 5.36. The summed E-state index contributed by atoms with van der Waals surface area (Å²) in [6.45, 7) is 3.64. The lowest BCUT2D eigenvalue weighted by Crippen LogP contribution is -2.49. The van der Waals surface area contributed by atoms with Crippen LogP contribution in [-0.2, 0) is 4.74 Å². The van der Waals surface area contributed by atoms with Crippen molar-refractivity contribution in [3.8, 4) is 0 Å². The number of aromatic nitrogens is 2.